The summed E-state index contributed by atoms with van der Waals surface area (Å²) >= 11 is 0. The monoisotopic (exact) mass is 210 g/mol. The molecule has 0 saturated heterocycles. The summed E-state index contributed by atoms with van der Waals surface area (Å²) in [7, 11) is 0. The Kier molecular flexibility index (Phi) is 4.55. The van der Waals surface area contributed by atoms with Gasteiger partial charge in [-0.2, -0.15) is 5.26 Å². The predicted octanol–water partition coefficient (Wildman–Crippen LogP) is 2.82. The Morgan fingerprint density at radius 1 is 1.27 bits per heavy atom. The molecule has 2 nitrogen and oxygen atoms in total. The third-order valence-electron chi connectivity index (χ3n) is 1.93. The molecule has 0 aliphatic heterocycles. The van der Waals surface area contributed by atoms with E-state index in [1.54, 1.807) is 12.1 Å². The number of hydrogen-bond donors (Lipinski definition) is 1. The highest BCUT2D eigenvalue weighted by atomic mass is 19.3. The van der Waals surface area contributed by atoms with Crippen LogP contribution in [0, 0.1) is 11.3 Å². The van der Waals surface area contributed by atoms with Gasteiger partial charge in [-0.1, -0.05) is 12.1 Å². The van der Waals surface area contributed by atoms with Gasteiger partial charge in [0.05, 0.1) is 12.5 Å². The number of nitrogens with one attached hydrogen (secondary N) is 1. The fourth-order valence-electron chi connectivity index (χ4n) is 1.16. The van der Waals surface area contributed by atoms with Gasteiger partial charge in [0.1, 0.15) is 0 Å². The quantitative estimate of drug-likeness (QED) is 0.811. The first-order chi connectivity index (χ1) is 7.22. The van der Waals surface area contributed by atoms with E-state index in [1.165, 1.54) is 0 Å². The Bertz CT molecular complexity index is 327. The highest BCUT2D eigenvalue weighted by Crippen LogP contribution is 2.10. The highest BCUT2D eigenvalue weighted by Gasteiger charge is 2.00. The van der Waals surface area contributed by atoms with E-state index in [4.69, 9.17) is 5.26 Å². The number of rotatable bonds is 5. The van der Waals surface area contributed by atoms with Crippen LogP contribution in [0.15, 0.2) is 24.3 Å². The van der Waals surface area contributed by atoms with Gasteiger partial charge in [-0.25, -0.2) is 8.78 Å². The summed E-state index contributed by atoms with van der Waals surface area (Å²) in [5, 5.41) is 11.3. The van der Waals surface area contributed by atoms with Crippen molar-refractivity contribution in [2.24, 2.45) is 0 Å². The molecule has 15 heavy (non-hydrogen) atoms. The molecule has 0 atom stereocenters. The number of benzene rings is 1. The zero-order valence-electron chi connectivity index (χ0n) is 8.21. The van der Waals surface area contributed by atoms with E-state index >= 15 is 0 Å². The van der Waals surface area contributed by atoms with Crippen molar-refractivity contribution >= 4 is 5.69 Å². The third-order valence-corrected chi connectivity index (χ3v) is 1.93. The number of nitriles is 1. The Morgan fingerprint density at radius 3 is 2.47 bits per heavy atom. The van der Waals surface area contributed by atoms with Gasteiger partial charge < -0.3 is 5.32 Å². The van der Waals surface area contributed by atoms with Crippen LogP contribution in [0.5, 0.6) is 0 Å². The zero-order valence-corrected chi connectivity index (χ0v) is 8.21. The maximum Gasteiger partial charge on any atom is 0.240 e. The molecule has 0 amide bonds. The molecular formula is C11H12F2N2. The van der Waals surface area contributed by atoms with Crippen LogP contribution in [-0.2, 0) is 6.42 Å². The number of hydrogen-bond acceptors (Lipinski definition) is 2. The van der Waals surface area contributed by atoms with Gasteiger partial charge in [-0.15, -0.1) is 0 Å². The molecule has 0 bridgehead atoms. The van der Waals surface area contributed by atoms with E-state index in [0.717, 1.165) is 11.3 Å². The van der Waals surface area contributed by atoms with Crippen molar-refractivity contribution in [1.29, 1.82) is 5.26 Å². The molecule has 0 aromatic heterocycles. The van der Waals surface area contributed by atoms with Gasteiger partial charge in [0, 0.05) is 18.7 Å². The number of alkyl halides is 2. The van der Waals surface area contributed by atoms with E-state index in [2.05, 4.69) is 5.32 Å². The minimum Gasteiger partial charge on any atom is -0.385 e. The summed E-state index contributed by atoms with van der Waals surface area (Å²) in [6, 6.07) is 9.25. The number of anilines is 1. The first kappa shape index (κ1) is 11.4. The fraction of sp³-hybridized carbons (Fsp3) is 0.364. The van der Waals surface area contributed by atoms with Crippen LogP contribution in [0.3, 0.4) is 0 Å². The molecule has 0 fully saturated rings. The zero-order chi connectivity index (χ0) is 11.1. The Balaban J connectivity index is 2.40. The lowest BCUT2D eigenvalue weighted by Crippen LogP contribution is -2.05. The Labute approximate surface area is 87.5 Å². The highest BCUT2D eigenvalue weighted by molar-refractivity contribution is 5.44. The smallest absolute Gasteiger partial charge is 0.240 e. The Morgan fingerprint density at radius 2 is 1.93 bits per heavy atom. The summed E-state index contributed by atoms with van der Waals surface area (Å²) in [5.41, 5.74) is 1.73. The lowest BCUT2D eigenvalue weighted by Gasteiger charge is -2.05. The van der Waals surface area contributed by atoms with E-state index in [9.17, 15) is 8.78 Å². The second-order valence-corrected chi connectivity index (χ2v) is 3.14. The molecule has 0 spiro atoms. The maximum absolute atomic E-state index is 11.8. The van der Waals surface area contributed by atoms with Crippen LogP contribution in [0.2, 0.25) is 0 Å². The lowest BCUT2D eigenvalue weighted by atomic mass is 10.1. The van der Waals surface area contributed by atoms with Crippen molar-refractivity contribution in [3.63, 3.8) is 0 Å². The van der Waals surface area contributed by atoms with Gasteiger partial charge in [0.25, 0.3) is 0 Å². The molecule has 80 valence electrons. The molecule has 0 unspecified atom stereocenters. The maximum atomic E-state index is 11.8. The molecule has 1 N–H and O–H groups in total. The van der Waals surface area contributed by atoms with Crippen molar-refractivity contribution in [2.75, 3.05) is 11.9 Å². The van der Waals surface area contributed by atoms with Gasteiger partial charge in [0.2, 0.25) is 6.43 Å². The van der Waals surface area contributed by atoms with Gasteiger partial charge >= 0.3 is 0 Å². The summed E-state index contributed by atoms with van der Waals surface area (Å²) in [4.78, 5) is 0. The number of nitrogens with zero attached hydrogens (tertiary/aromatic N) is 1. The summed E-state index contributed by atoms with van der Waals surface area (Å²) in [5.74, 6) is 0. The molecule has 4 heteroatoms. The average molecular weight is 210 g/mol. The largest absolute Gasteiger partial charge is 0.385 e. The molecule has 0 saturated carbocycles. The van der Waals surface area contributed by atoms with E-state index in [-0.39, 0.29) is 13.0 Å². The van der Waals surface area contributed by atoms with Crippen molar-refractivity contribution < 1.29 is 8.78 Å². The van der Waals surface area contributed by atoms with Crippen molar-refractivity contribution in [1.82, 2.24) is 0 Å². The minimum absolute atomic E-state index is 0.153. The molecule has 1 rings (SSSR count). The second kappa shape index (κ2) is 5.97. The Hall–Kier alpha value is -1.63. The molecule has 0 aliphatic rings. The molecule has 0 radical (unpaired) electrons. The van der Waals surface area contributed by atoms with E-state index in [1.807, 2.05) is 18.2 Å². The molecule has 1 aromatic rings. The van der Waals surface area contributed by atoms with Crippen LogP contribution in [0.25, 0.3) is 0 Å². The van der Waals surface area contributed by atoms with Crippen molar-refractivity contribution in [3.8, 4) is 6.07 Å². The van der Waals surface area contributed by atoms with Gasteiger partial charge in [-0.05, 0) is 17.7 Å². The predicted molar refractivity (Wildman–Crippen MR) is 54.9 cm³/mol. The van der Waals surface area contributed by atoms with Crippen LogP contribution in [0.4, 0.5) is 14.5 Å². The van der Waals surface area contributed by atoms with Crippen LogP contribution >= 0.6 is 0 Å². The molecule has 0 heterocycles. The molecule has 0 aliphatic carbocycles. The minimum atomic E-state index is -2.27. The average Bonchev–Trinajstić information content (AvgIpc) is 2.20. The van der Waals surface area contributed by atoms with Crippen LogP contribution in [-0.4, -0.2) is 13.0 Å². The first-order valence-electron chi connectivity index (χ1n) is 4.70. The van der Waals surface area contributed by atoms with Gasteiger partial charge in [-0.3, -0.25) is 0 Å². The van der Waals surface area contributed by atoms with Crippen molar-refractivity contribution in [2.45, 2.75) is 19.3 Å². The second-order valence-electron chi connectivity index (χ2n) is 3.14. The first-order valence-corrected chi connectivity index (χ1v) is 4.70. The molecule has 1 aromatic carbocycles. The van der Waals surface area contributed by atoms with Gasteiger partial charge in [0.15, 0.2) is 0 Å². The summed E-state index contributed by atoms with van der Waals surface area (Å²) in [6.07, 6.45) is -2.05. The standard InChI is InChI=1S/C11H12F2N2/c12-11(13)6-8-15-10-3-1-9(2-4-10)5-7-14/h1-4,11,15H,5-6,8H2. The van der Waals surface area contributed by atoms with E-state index in [0.29, 0.717) is 6.42 Å². The van der Waals surface area contributed by atoms with Crippen LogP contribution in [0.1, 0.15) is 12.0 Å². The molecular weight excluding hydrogens is 198 g/mol. The lowest BCUT2D eigenvalue weighted by molar-refractivity contribution is 0.142. The SMILES string of the molecule is N#CCc1ccc(NCCC(F)F)cc1. The third kappa shape index (κ3) is 4.41. The fourth-order valence-corrected chi connectivity index (χ4v) is 1.16. The number of halogens is 2. The van der Waals surface area contributed by atoms with Crippen molar-refractivity contribution in [3.05, 3.63) is 29.8 Å². The van der Waals surface area contributed by atoms with Crippen LogP contribution < -0.4 is 5.32 Å². The summed E-state index contributed by atoms with van der Waals surface area (Å²) in [6.45, 7) is 0.259. The van der Waals surface area contributed by atoms with E-state index < -0.39 is 6.43 Å². The summed E-state index contributed by atoms with van der Waals surface area (Å²) < 4.78 is 23.7. The topological polar surface area (TPSA) is 35.8 Å². The normalized spacial score (nSPS) is 10.0.